The summed E-state index contributed by atoms with van der Waals surface area (Å²) in [7, 11) is 2.16. The Labute approximate surface area is 104 Å². The van der Waals surface area contributed by atoms with E-state index in [1.54, 1.807) is 6.08 Å². The van der Waals surface area contributed by atoms with Gasteiger partial charge in [-0.05, 0) is 51.9 Å². The lowest BCUT2D eigenvalue weighted by molar-refractivity contribution is -0.132. The van der Waals surface area contributed by atoms with Crippen molar-refractivity contribution in [2.24, 2.45) is 5.92 Å². The number of aliphatic carboxylic acids is 1. The predicted molar refractivity (Wildman–Crippen MR) is 69.1 cm³/mol. The second kappa shape index (κ2) is 7.45. The van der Waals surface area contributed by atoms with Gasteiger partial charge in [-0.15, -0.1) is 0 Å². The fourth-order valence-corrected chi connectivity index (χ4v) is 2.13. The van der Waals surface area contributed by atoms with Crippen LogP contribution in [0.1, 0.15) is 26.2 Å². The van der Waals surface area contributed by atoms with Crippen molar-refractivity contribution in [1.82, 2.24) is 10.2 Å². The first kappa shape index (κ1) is 14.2. The van der Waals surface area contributed by atoms with Crippen LogP contribution in [0.25, 0.3) is 0 Å². The Hall–Kier alpha value is -0.870. The van der Waals surface area contributed by atoms with Crippen LogP contribution in [0.4, 0.5) is 0 Å². The van der Waals surface area contributed by atoms with Crippen LogP contribution < -0.4 is 5.32 Å². The second-order valence-electron chi connectivity index (χ2n) is 4.79. The first-order chi connectivity index (χ1) is 8.13. The van der Waals surface area contributed by atoms with Crippen LogP contribution in [0.2, 0.25) is 0 Å². The van der Waals surface area contributed by atoms with Crippen LogP contribution >= 0.6 is 0 Å². The smallest absolute Gasteiger partial charge is 0.331 e. The Bertz CT molecular complexity index is 269. The van der Waals surface area contributed by atoms with Crippen molar-refractivity contribution in [2.45, 2.75) is 26.2 Å². The first-order valence-corrected chi connectivity index (χ1v) is 6.45. The van der Waals surface area contributed by atoms with E-state index >= 15 is 0 Å². The SMILES string of the molecule is CCC(=CCNCC1CCN(C)CC1)C(=O)O. The van der Waals surface area contributed by atoms with Gasteiger partial charge in [0, 0.05) is 12.1 Å². The van der Waals surface area contributed by atoms with Gasteiger partial charge in [0.2, 0.25) is 0 Å². The molecule has 1 heterocycles. The third-order valence-electron chi connectivity index (χ3n) is 3.42. The van der Waals surface area contributed by atoms with Gasteiger partial charge in [0.1, 0.15) is 0 Å². The number of carbonyl (C=O) groups is 1. The van der Waals surface area contributed by atoms with E-state index in [1.807, 2.05) is 6.92 Å². The number of rotatable bonds is 6. The average molecular weight is 240 g/mol. The molecule has 0 aromatic carbocycles. The quantitative estimate of drug-likeness (QED) is 0.543. The van der Waals surface area contributed by atoms with Crippen LogP contribution in [0, 0.1) is 5.92 Å². The number of hydrogen-bond acceptors (Lipinski definition) is 3. The van der Waals surface area contributed by atoms with Crippen molar-refractivity contribution < 1.29 is 9.90 Å². The molecule has 0 aromatic rings. The van der Waals surface area contributed by atoms with Gasteiger partial charge < -0.3 is 15.3 Å². The number of nitrogens with zero attached hydrogens (tertiary/aromatic N) is 1. The van der Waals surface area contributed by atoms with E-state index in [0.717, 1.165) is 12.5 Å². The summed E-state index contributed by atoms with van der Waals surface area (Å²) in [5.74, 6) is -0.0527. The van der Waals surface area contributed by atoms with Gasteiger partial charge in [-0.2, -0.15) is 0 Å². The van der Waals surface area contributed by atoms with Gasteiger partial charge in [-0.3, -0.25) is 0 Å². The summed E-state index contributed by atoms with van der Waals surface area (Å²) in [5, 5.41) is 12.2. The summed E-state index contributed by atoms with van der Waals surface area (Å²) in [6, 6.07) is 0. The lowest BCUT2D eigenvalue weighted by Gasteiger charge is -2.28. The number of likely N-dealkylation sites (tertiary alicyclic amines) is 1. The Morgan fingerprint density at radius 1 is 1.47 bits per heavy atom. The number of carboxylic acids is 1. The molecule has 0 spiro atoms. The Morgan fingerprint density at radius 3 is 2.65 bits per heavy atom. The molecule has 98 valence electrons. The highest BCUT2D eigenvalue weighted by Gasteiger charge is 2.15. The normalized spacial score (nSPS) is 19.5. The molecule has 0 atom stereocenters. The third kappa shape index (κ3) is 5.33. The Balaban J connectivity index is 2.17. The lowest BCUT2D eigenvalue weighted by Crippen LogP contribution is -2.35. The molecule has 0 saturated carbocycles. The predicted octanol–water partition coefficient (Wildman–Crippen LogP) is 1.34. The van der Waals surface area contributed by atoms with Crippen molar-refractivity contribution in [3.63, 3.8) is 0 Å². The summed E-state index contributed by atoms with van der Waals surface area (Å²) in [6.45, 7) is 5.90. The molecule has 1 aliphatic rings. The van der Waals surface area contributed by atoms with Crippen LogP contribution in [-0.4, -0.2) is 49.2 Å². The maximum Gasteiger partial charge on any atom is 0.331 e. The number of hydrogen-bond donors (Lipinski definition) is 2. The summed E-state index contributed by atoms with van der Waals surface area (Å²) in [5.41, 5.74) is 0.501. The zero-order valence-corrected chi connectivity index (χ0v) is 10.9. The largest absolute Gasteiger partial charge is 0.478 e. The third-order valence-corrected chi connectivity index (χ3v) is 3.42. The molecule has 0 unspecified atom stereocenters. The minimum absolute atomic E-state index is 0.501. The van der Waals surface area contributed by atoms with Gasteiger partial charge in [0.15, 0.2) is 0 Å². The van der Waals surface area contributed by atoms with Gasteiger partial charge in [0.25, 0.3) is 0 Å². The lowest BCUT2D eigenvalue weighted by atomic mass is 9.97. The van der Waals surface area contributed by atoms with Crippen LogP contribution in [0.5, 0.6) is 0 Å². The van der Waals surface area contributed by atoms with E-state index in [2.05, 4.69) is 17.3 Å². The van der Waals surface area contributed by atoms with Crippen molar-refractivity contribution in [3.8, 4) is 0 Å². The van der Waals surface area contributed by atoms with Crippen molar-refractivity contribution in [3.05, 3.63) is 11.6 Å². The van der Waals surface area contributed by atoms with Gasteiger partial charge in [0.05, 0.1) is 0 Å². The molecule has 17 heavy (non-hydrogen) atoms. The fraction of sp³-hybridized carbons (Fsp3) is 0.769. The van der Waals surface area contributed by atoms with Gasteiger partial charge in [-0.1, -0.05) is 13.0 Å². The zero-order chi connectivity index (χ0) is 12.7. The van der Waals surface area contributed by atoms with Crippen LogP contribution in [-0.2, 0) is 4.79 Å². The van der Waals surface area contributed by atoms with Gasteiger partial charge in [-0.25, -0.2) is 4.79 Å². The van der Waals surface area contributed by atoms with E-state index in [0.29, 0.717) is 18.5 Å². The summed E-state index contributed by atoms with van der Waals surface area (Å²) in [4.78, 5) is 13.1. The summed E-state index contributed by atoms with van der Waals surface area (Å²) >= 11 is 0. The maximum absolute atomic E-state index is 10.8. The van der Waals surface area contributed by atoms with E-state index in [4.69, 9.17) is 5.11 Å². The standard InChI is InChI=1S/C13H24N2O2/c1-3-12(13(16)17)4-7-14-10-11-5-8-15(2)9-6-11/h4,11,14H,3,5-10H2,1-2H3,(H,16,17). The van der Waals surface area contributed by atoms with Crippen LogP contribution in [0.3, 0.4) is 0 Å². The molecule has 1 fully saturated rings. The second-order valence-corrected chi connectivity index (χ2v) is 4.79. The van der Waals surface area contributed by atoms with Gasteiger partial charge >= 0.3 is 5.97 Å². The molecule has 1 aliphatic heterocycles. The highest BCUT2D eigenvalue weighted by Crippen LogP contribution is 2.14. The molecule has 4 nitrogen and oxygen atoms in total. The molecular formula is C13H24N2O2. The highest BCUT2D eigenvalue weighted by molar-refractivity contribution is 5.86. The molecule has 1 saturated heterocycles. The van der Waals surface area contributed by atoms with E-state index in [9.17, 15) is 4.79 Å². The van der Waals surface area contributed by atoms with E-state index in [-0.39, 0.29) is 0 Å². The average Bonchev–Trinajstić information content (AvgIpc) is 2.31. The molecule has 2 N–H and O–H groups in total. The van der Waals surface area contributed by atoms with Crippen molar-refractivity contribution in [2.75, 3.05) is 33.2 Å². The summed E-state index contributed by atoms with van der Waals surface area (Å²) in [6.07, 6.45) is 4.86. The van der Waals surface area contributed by atoms with E-state index < -0.39 is 5.97 Å². The fourth-order valence-electron chi connectivity index (χ4n) is 2.13. The number of piperidine rings is 1. The summed E-state index contributed by atoms with van der Waals surface area (Å²) < 4.78 is 0. The molecule has 0 radical (unpaired) electrons. The minimum Gasteiger partial charge on any atom is -0.478 e. The topological polar surface area (TPSA) is 52.6 Å². The molecule has 0 amide bonds. The molecule has 0 aromatic heterocycles. The Morgan fingerprint density at radius 2 is 2.12 bits per heavy atom. The zero-order valence-electron chi connectivity index (χ0n) is 10.9. The molecule has 0 bridgehead atoms. The monoisotopic (exact) mass is 240 g/mol. The number of nitrogens with one attached hydrogen (secondary N) is 1. The molecule has 1 rings (SSSR count). The highest BCUT2D eigenvalue weighted by atomic mass is 16.4. The van der Waals surface area contributed by atoms with Crippen molar-refractivity contribution >= 4 is 5.97 Å². The maximum atomic E-state index is 10.8. The van der Waals surface area contributed by atoms with Crippen LogP contribution in [0.15, 0.2) is 11.6 Å². The van der Waals surface area contributed by atoms with E-state index in [1.165, 1.54) is 25.9 Å². The minimum atomic E-state index is -0.798. The number of carboxylic acid groups (broad SMARTS) is 1. The molecule has 0 aliphatic carbocycles. The molecule has 4 heteroatoms. The molecular weight excluding hydrogens is 216 g/mol. The Kier molecular flexibility index (Phi) is 6.22. The van der Waals surface area contributed by atoms with Crippen molar-refractivity contribution in [1.29, 1.82) is 0 Å². The first-order valence-electron chi connectivity index (χ1n) is 6.45.